The SMILES string of the molecule is C=CC[C@@]1(OCc2ccccc2)[C@@H](OC)O[C@H](CI)[C@@H](OCc2ccccc2)[C@@H]1OCc1ccccc1. The van der Waals surface area contributed by atoms with Crippen LogP contribution in [-0.4, -0.2) is 41.7 Å². The average molecular weight is 615 g/mol. The van der Waals surface area contributed by atoms with E-state index >= 15 is 0 Å². The third-order valence-electron chi connectivity index (χ3n) is 6.58. The Morgan fingerprint density at radius 3 is 1.81 bits per heavy atom. The summed E-state index contributed by atoms with van der Waals surface area (Å²) >= 11 is 2.34. The molecule has 0 unspecified atom stereocenters. The van der Waals surface area contributed by atoms with Gasteiger partial charge in [0, 0.05) is 18.0 Å². The maximum atomic E-state index is 6.75. The molecular weight excluding hydrogens is 579 g/mol. The molecular formula is C31H35IO5. The third-order valence-corrected chi connectivity index (χ3v) is 7.45. The Kier molecular flexibility index (Phi) is 10.7. The van der Waals surface area contributed by atoms with Crippen LogP contribution in [0.2, 0.25) is 0 Å². The van der Waals surface area contributed by atoms with Crippen LogP contribution in [-0.2, 0) is 43.5 Å². The second kappa shape index (κ2) is 14.2. The molecule has 0 amide bonds. The maximum Gasteiger partial charge on any atom is 0.189 e. The summed E-state index contributed by atoms with van der Waals surface area (Å²) in [5.41, 5.74) is 2.25. The molecule has 0 N–H and O–H groups in total. The average Bonchev–Trinajstić information content (AvgIpc) is 2.96. The minimum atomic E-state index is -0.967. The van der Waals surface area contributed by atoms with Crippen molar-refractivity contribution < 1.29 is 23.7 Å². The molecule has 0 aliphatic carbocycles. The zero-order valence-electron chi connectivity index (χ0n) is 21.2. The van der Waals surface area contributed by atoms with Gasteiger partial charge in [-0.1, -0.05) is 120 Å². The van der Waals surface area contributed by atoms with Gasteiger partial charge in [-0.2, -0.15) is 0 Å². The Hall–Kier alpha value is -2.07. The lowest BCUT2D eigenvalue weighted by molar-refractivity contribution is -0.355. The number of hydrogen-bond acceptors (Lipinski definition) is 5. The fourth-order valence-corrected chi connectivity index (χ4v) is 5.44. The first-order valence-corrected chi connectivity index (χ1v) is 14.1. The molecule has 6 heteroatoms. The lowest BCUT2D eigenvalue weighted by Gasteiger charge is -2.52. The van der Waals surface area contributed by atoms with Gasteiger partial charge < -0.3 is 23.7 Å². The van der Waals surface area contributed by atoms with Crippen LogP contribution >= 0.6 is 22.6 Å². The normalized spacial score (nSPS) is 25.6. The van der Waals surface area contributed by atoms with Crippen LogP contribution in [0.3, 0.4) is 0 Å². The molecule has 196 valence electrons. The number of rotatable bonds is 13. The van der Waals surface area contributed by atoms with E-state index in [1.54, 1.807) is 7.11 Å². The largest absolute Gasteiger partial charge is 0.368 e. The Labute approximate surface area is 233 Å². The maximum absolute atomic E-state index is 6.75. The number of methoxy groups -OCH3 is 1. The molecule has 4 rings (SSSR count). The van der Waals surface area contributed by atoms with E-state index in [9.17, 15) is 0 Å². The standard InChI is InChI=1S/C31H35IO5/c1-3-19-31(36-23-26-17-11-6-12-18-26)29(35-22-25-15-9-5-10-16-25)28(27(20-32)37-30(31)33-2)34-21-24-13-7-4-8-14-24/h3-18,27-30H,1,19-23H2,2H3/t27-,28-,29+,30+,31+/m1/s1. The molecule has 1 fully saturated rings. The molecule has 1 aliphatic heterocycles. The second-order valence-electron chi connectivity index (χ2n) is 9.10. The number of benzene rings is 3. The van der Waals surface area contributed by atoms with Crippen molar-refractivity contribution in [3.8, 4) is 0 Å². The van der Waals surface area contributed by atoms with Crippen molar-refractivity contribution in [3.63, 3.8) is 0 Å². The van der Waals surface area contributed by atoms with Gasteiger partial charge in [0.25, 0.3) is 0 Å². The Morgan fingerprint density at radius 2 is 1.32 bits per heavy atom. The smallest absolute Gasteiger partial charge is 0.189 e. The first kappa shape index (κ1) is 28.0. The van der Waals surface area contributed by atoms with E-state index in [4.69, 9.17) is 23.7 Å². The van der Waals surface area contributed by atoms with Crippen molar-refractivity contribution in [2.75, 3.05) is 11.5 Å². The Bertz CT molecular complexity index is 1060. The molecule has 3 aromatic carbocycles. The van der Waals surface area contributed by atoms with Crippen molar-refractivity contribution in [3.05, 3.63) is 120 Å². The number of alkyl halides is 1. The predicted molar refractivity (Wildman–Crippen MR) is 153 cm³/mol. The highest BCUT2D eigenvalue weighted by Crippen LogP contribution is 2.41. The Morgan fingerprint density at radius 1 is 0.811 bits per heavy atom. The van der Waals surface area contributed by atoms with E-state index in [0.29, 0.717) is 30.7 Å². The molecule has 1 aliphatic rings. The van der Waals surface area contributed by atoms with Gasteiger partial charge in [0.1, 0.15) is 12.2 Å². The van der Waals surface area contributed by atoms with Crippen LogP contribution in [0.1, 0.15) is 23.1 Å². The summed E-state index contributed by atoms with van der Waals surface area (Å²) in [6, 6.07) is 30.4. The van der Waals surface area contributed by atoms with Crippen LogP contribution in [0, 0.1) is 0 Å². The van der Waals surface area contributed by atoms with Crippen molar-refractivity contribution in [2.45, 2.75) is 56.4 Å². The van der Waals surface area contributed by atoms with Gasteiger partial charge in [0.15, 0.2) is 11.9 Å². The van der Waals surface area contributed by atoms with Crippen LogP contribution in [0.25, 0.3) is 0 Å². The van der Waals surface area contributed by atoms with Crippen LogP contribution in [0.5, 0.6) is 0 Å². The van der Waals surface area contributed by atoms with Gasteiger partial charge in [-0.15, -0.1) is 6.58 Å². The van der Waals surface area contributed by atoms with Crippen molar-refractivity contribution in [2.24, 2.45) is 0 Å². The van der Waals surface area contributed by atoms with E-state index < -0.39 is 18.0 Å². The monoisotopic (exact) mass is 614 g/mol. The van der Waals surface area contributed by atoms with Gasteiger partial charge in [-0.05, 0) is 16.7 Å². The highest BCUT2D eigenvalue weighted by molar-refractivity contribution is 14.1. The summed E-state index contributed by atoms with van der Waals surface area (Å²) in [5, 5.41) is 0. The van der Waals surface area contributed by atoms with Gasteiger partial charge in [-0.3, -0.25) is 0 Å². The van der Waals surface area contributed by atoms with E-state index in [-0.39, 0.29) is 12.2 Å². The molecule has 0 spiro atoms. The summed E-state index contributed by atoms with van der Waals surface area (Å²) < 4.78 is 33.2. The predicted octanol–water partition coefficient (Wildman–Crippen LogP) is 6.50. The highest BCUT2D eigenvalue weighted by atomic mass is 127. The molecule has 5 nitrogen and oxygen atoms in total. The summed E-state index contributed by atoms with van der Waals surface area (Å²) in [4.78, 5) is 0. The summed E-state index contributed by atoms with van der Waals surface area (Å²) in [6.07, 6.45) is 0.550. The molecule has 0 radical (unpaired) electrons. The zero-order valence-corrected chi connectivity index (χ0v) is 23.4. The number of halogens is 1. The molecule has 0 saturated carbocycles. The first-order chi connectivity index (χ1) is 18.2. The number of ether oxygens (including phenoxy) is 5. The zero-order chi connectivity index (χ0) is 25.9. The molecule has 1 heterocycles. The Balaban J connectivity index is 1.69. The van der Waals surface area contributed by atoms with E-state index in [1.807, 2.05) is 72.8 Å². The van der Waals surface area contributed by atoms with Crippen molar-refractivity contribution >= 4 is 22.6 Å². The minimum Gasteiger partial charge on any atom is -0.368 e. The van der Waals surface area contributed by atoms with Gasteiger partial charge in [0.2, 0.25) is 0 Å². The van der Waals surface area contributed by atoms with E-state index in [0.717, 1.165) is 16.7 Å². The summed E-state index contributed by atoms with van der Waals surface area (Å²) in [5.74, 6) is 0. The van der Waals surface area contributed by atoms with Gasteiger partial charge in [-0.25, -0.2) is 0 Å². The second-order valence-corrected chi connectivity index (χ2v) is 9.98. The van der Waals surface area contributed by atoms with Crippen LogP contribution < -0.4 is 0 Å². The molecule has 37 heavy (non-hydrogen) atoms. The van der Waals surface area contributed by atoms with Crippen molar-refractivity contribution in [1.82, 2.24) is 0 Å². The first-order valence-electron chi connectivity index (χ1n) is 12.5. The van der Waals surface area contributed by atoms with E-state index in [1.165, 1.54) is 0 Å². The topological polar surface area (TPSA) is 46.2 Å². The van der Waals surface area contributed by atoms with Gasteiger partial charge in [0.05, 0.1) is 25.9 Å². The quantitative estimate of drug-likeness (QED) is 0.125. The highest BCUT2D eigenvalue weighted by Gasteiger charge is 2.58. The third kappa shape index (κ3) is 7.07. The lowest BCUT2D eigenvalue weighted by atomic mass is 9.83. The minimum absolute atomic E-state index is 0.242. The van der Waals surface area contributed by atoms with Crippen LogP contribution in [0.15, 0.2) is 104 Å². The number of hydrogen-bond donors (Lipinski definition) is 0. The summed E-state index contributed by atoms with van der Waals surface area (Å²) in [6.45, 7) is 5.27. The van der Waals surface area contributed by atoms with E-state index in [2.05, 4.69) is 53.4 Å². The lowest BCUT2D eigenvalue weighted by Crippen LogP contribution is -2.68. The molecule has 0 aromatic heterocycles. The molecule has 1 saturated heterocycles. The van der Waals surface area contributed by atoms with Gasteiger partial charge >= 0.3 is 0 Å². The fraction of sp³-hybridized carbons (Fsp3) is 0.355. The molecule has 0 bridgehead atoms. The van der Waals surface area contributed by atoms with Crippen LogP contribution in [0.4, 0.5) is 0 Å². The molecule has 3 aromatic rings. The molecule has 5 atom stereocenters. The summed E-state index contributed by atoms with van der Waals surface area (Å²) in [7, 11) is 1.65. The fourth-order valence-electron chi connectivity index (χ4n) is 4.73. The van der Waals surface area contributed by atoms with Crippen molar-refractivity contribution in [1.29, 1.82) is 0 Å².